The van der Waals surface area contributed by atoms with Gasteiger partial charge in [-0.05, 0) is 12.5 Å². The van der Waals surface area contributed by atoms with Crippen molar-refractivity contribution in [3.05, 3.63) is 54.0 Å². The van der Waals surface area contributed by atoms with Crippen LogP contribution in [0.2, 0.25) is 0 Å². The van der Waals surface area contributed by atoms with E-state index in [0.29, 0.717) is 6.54 Å². The molecule has 4 nitrogen and oxygen atoms in total. The molecule has 1 aromatic heterocycles. The second-order valence-corrected chi connectivity index (χ2v) is 4.16. The third-order valence-electron chi connectivity index (χ3n) is 2.77. The predicted octanol–water partition coefficient (Wildman–Crippen LogP) is 1.75. The molecule has 0 aliphatic rings. The number of hydrogen-bond acceptors (Lipinski definition) is 4. The third-order valence-corrected chi connectivity index (χ3v) is 2.77. The number of aryl methyl sites for hydroxylation is 1. The van der Waals surface area contributed by atoms with Gasteiger partial charge in [0.1, 0.15) is 5.82 Å². The first-order valence-electron chi connectivity index (χ1n) is 6.08. The molecule has 0 aliphatic carbocycles. The summed E-state index contributed by atoms with van der Waals surface area (Å²) in [5.74, 6) is 0.909. The summed E-state index contributed by atoms with van der Waals surface area (Å²) in [5, 5.41) is 0. The first-order chi connectivity index (χ1) is 8.81. The van der Waals surface area contributed by atoms with Crippen LogP contribution in [0.1, 0.15) is 11.3 Å². The number of benzene rings is 1. The first kappa shape index (κ1) is 12.5. The fourth-order valence-electron chi connectivity index (χ4n) is 1.93. The number of anilines is 1. The summed E-state index contributed by atoms with van der Waals surface area (Å²) in [7, 11) is 0. The van der Waals surface area contributed by atoms with Gasteiger partial charge in [0.05, 0.1) is 5.69 Å². The molecule has 2 N–H and O–H groups in total. The Labute approximate surface area is 107 Å². The molecule has 0 unspecified atom stereocenters. The Hall–Kier alpha value is -1.94. The van der Waals surface area contributed by atoms with Gasteiger partial charge < -0.3 is 10.6 Å². The van der Waals surface area contributed by atoms with E-state index < -0.39 is 0 Å². The Morgan fingerprint density at radius 3 is 2.50 bits per heavy atom. The standard InChI is InChI=1S/C14H18N4/c1-12-14(17-9-8-16-12)18(10-7-15)11-13-5-3-2-4-6-13/h2-6,8-9H,7,10-11,15H2,1H3. The van der Waals surface area contributed by atoms with Crippen LogP contribution in [0.25, 0.3) is 0 Å². The molecule has 0 aliphatic heterocycles. The number of nitrogens with zero attached hydrogens (tertiary/aromatic N) is 3. The second-order valence-electron chi connectivity index (χ2n) is 4.16. The fourth-order valence-corrected chi connectivity index (χ4v) is 1.93. The van der Waals surface area contributed by atoms with Gasteiger partial charge in [-0.1, -0.05) is 30.3 Å². The zero-order valence-corrected chi connectivity index (χ0v) is 10.6. The molecule has 0 bridgehead atoms. The van der Waals surface area contributed by atoms with E-state index in [1.807, 2.05) is 25.1 Å². The highest BCUT2D eigenvalue weighted by atomic mass is 15.2. The van der Waals surface area contributed by atoms with E-state index in [-0.39, 0.29) is 0 Å². The smallest absolute Gasteiger partial charge is 0.150 e. The summed E-state index contributed by atoms with van der Waals surface area (Å²) in [5.41, 5.74) is 7.86. The van der Waals surface area contributed by atoms with E-state index in [9.17, 15) is 0 Å². The molecule has 0 spiro atoms. The SMILES string of the molecule is Cc1nccnc1N(CCN)Cc1ccccc1. The summed E-state index contributed by atoms with van der Waals surface area (Å²) < 4.78 is 0. The molecule has 4 heteroatoms. The minimum atomic E-state index is 0.600. The highest BCUT2D eigenvalue weighted by molar-refractivity contribution is 5.43. The molecular weight excluding hydrogens is 224 g/mol. The Balaban J connectivity index is 2.21. The Kier molecular flexibility index (Phi) is 4.25. The van der Waals surface area contributed by atoms with Crippen LogP contribution >= 0.6 is 0 Å². The van der Waals surface area contributed by atoms with E-state index >= 15 is 0 Å². The summed E-state index contributed by atoms with van der Waals surface area (Å²) in [6, 6.07) is 10.3. The van der Waals surface area contributed by atoms with Crippen molar-refractivity contribution in [3.63, 3.8) is 0 Å². The maximum atomic E-state index is 5.68. The molecule has 2 rings (SSSR count). The van der Waals surface area contributed by atoms with Gasteiger partial charge in [0.25, 0.3) is 0 Å². The normalized spacial score (nSPS) is 10.3. The lowest BCUT2D eigenvalue weighted by Crippen LogP contribution is -2.30. The average Bonchev–Trinajstić information content (AvgIpc) is 2.40. The van der Waals surface area contributed by atoms with Crippen molar-refractivity contribution in [1.82, 2.24) is 9.97 Å². The zero-order chi connectivity index (χ0) is 12.8. The number of rotatable bonds is 5. The quantitative estimate of drug-likeness (QED) is 0.868. The van der Waals surface area contributed by atoms with Gasteiger partial charge in [-0.25, -0.2) is 4.98 Å². The monoisotopic (exact) mass is 242 g/mol. The van der Waals surface area contributed by atoms with Crippen molar-refractivity contribution in [1.29, 1.82) is 0 Å². The van der Waals surface area contributed by atoms with Gasteiger partial charge in [0, 0.05) is 32.0 Å². The maximum Gasteiger partial charge on any atom is 0.150 e. The Bertz CT molecular complexity index is 484. The molecule has 0 fully saturated rings. The van der Waals surface area contributed by atoms with Crippen LogP contribution in [-0.2, 0) is 6.54 Å². The zero-order valence-electron chi connectivity index (χ0n) is 10.6. The summed E-state index contributed by atoms with van der Waals surface area (Å²) >= 11 is 0. The van der Waals surface area contributed by atoms with Gasteiger partial charge in [0.2, 0.25) is 0 Å². The highest BCUT2D eigenvalue weighted by Crippen LogP contribution is 2.16. The second kappa shape index (κ2) is 6.12. The van der Waals surface area contributed by atoms with Crippen LogP contribution in [0.4, 0.5) is 5.82 Å². The fraction of sp³-hybridized carbons (Fsp3) is 0.286. The lowest BCUT2D eigenvalue weighted by atomic mass is 10.2. The summed E-state index contributed by atoms with van der Waals surface area (Å²) in [4.78, 5) is 10.8. The number of aromatic nitrogens is 2. The molecule has 1 aromatic carbocycles. The molecule has 18 heavy (non-hydrogen) atoms. The molecule has 2 aromatic rings. The van der Waals surface area contributed by atoms with Gasteiger partial charge in [-0.3, -0.25) is 4.98 Å². The van der Waals surface area contributed by atoms with Crippen molar-refractivity contribution >= 4 is 5.82 Å². The molecule has 1 heterocycles. The van der Waals surface area contributed by atoms with Crippen molar-refractivity contribution in [3.8, 4) is 0 Å². The van der Waals surface area contributed by atoms with Gasteiger partial charge in [-0.15, -0.1) is 0 Å². The van der Waals surface area contributed by atoms with Crippen LogP contribution < -0.4 is 10.6 Å². The molecule has 94 valence electrons. The minimum Gasteiger partial charge on any atom is -0.350 e. The summed E-state index contributed by atoms with van der Waals surface area (Å²) in [6.45, 7) is 4.14. The Morgan fingerprint density at radius 2 is 1.83 bits per heavy atom. The molecule has 0 saturated carbocycles. The average molecular weight is 242 g/mol. The van der Waals surface area contributed by atoms with Crippen LogP contribution in [0, 0.1) is 6.92 Å². The number of hydrogen-bond donors (Lipinski definition) is 1. The molecular formula is C14H18N4. The molecule has 0 amide bonds. The van der Waals surface area contributed by atoms with E-state index in [1.54, 1.807) is 12.4 Å². The molecule has 0 saturated heterocycles. The van der Waals surface area contributed by atoms with E-state index in [1.165, 1.54) is 5.56 Å². The number of nitrogens with two attached hydrogens (primary N) is 1. The van der Waals surface area contributed by atoms with Gasteiger partial charge in [-0.2, -0.15) is 0 Å². The summed E-state index contributed by atoms with van der Waals surface area (Å²) in [6.07, 6.45) is 3.43. The maximum absolute atomic E-state index is 5.68. The molecule has 0 radical (unpaired) electrons. The lowest BCUT2D eigenvalue weighted by molar-refractivity contribution is 0.767. The molecule has 0 atom stereocenters. The van der Waals surface area contributed by atoms with Crippen molar-refractivity contribution in [2.24, 2.45) is 5.73 Å². The lowest BCUT2D eigenvalue weighted by Gasteiger charge is -2.24. The van der Waals surface area contributed by atoms with Gasteiger partial charge in [0.15, 0.2) is 0 Å². The third kappa shape index (κ3) is 3.05. The van der Waals surface area contributed by atoms with Crippen molar-refractivity contribution in [2.45, 2.75) is 13.5 Å². The van der Waals surface area contributed by atoms with E-state index in [0.717, 1.165) is 24.6 Å². The van der Waals surface area contributed by atoms with Crippen molar-refractivity contribution in [2.75, 3.05) is 18.0 Å². The van der Waals surface area contributed by atoms with Crippen LogP contribution in [0.3, 0.4) is 0 Å². The topological polar surface area (TPSA) is 55.0 Å². The van der Waals surface area contributed by atoms with Crippen LogP contribution in [-0.4, -0.2) is 23.1 Å². The van der Waals surface area contributed by atoms with E-state index in [4.69, 9.17) is 5.73 Å². The van der Waals surface area contributed by atoms with Crippen molar-refractivity contribution < 1.29 is 0 Å². The minimum absolute atomic E-state index is 0.600. The van der Waals surface area contributed by atoms with Crippen LogP contribution in [0.5, 0.6) is 0 Å². The largest absolute Gasteiger partial charge is 0.350 e. The van der Waals surface area contributed by atoms with Gasteiger partial charge >= 0.3 is 0 Å². The predicted molar refractivity (Wildman–Crippen MR) is 73.3 cm³/mol. The highest BCUT2D eigenvalue weighted by Gasteiger charge is 2.10. The van der Waals surface area contributed by atoms with Crippen LogP contribution in [0.15, 0.2) is 42.7 Å². The first-order valence-corrected chi connectivity index (χ1v) is 6.08. The van der Waals surface area contributed by atoms with E-state index in [2.05, 4.69) is 27.0 Å². The Morgan fingerprint density at radius 1 is 1.11 bits per heavy atom.